The molecular weight excluding hydrogens is 262 g/mol. The van der Waals surface area contributed by atoms with Gasteiger partial charge in [-0.15, -0.1) is 12.4 Å². The Morgan fingerprint density at radius 3 is 2.53 bits per heavy atom. The van der Waals surface area contributed by atoms with Crippen LogP contribution in [0.5, 0.6) is 0 Å². The largest absolute Gasteiger partial charge is 0.377 e. The topological polar surface area (TPSA) is 47.7 Å². The highest BCUT2D eigenvalue weighted by Crippen LogP contribution is 2.15. The molecule has 1 N–H and O–H groups in total. The molecule has 0 fully saturated rings. The van der Waals surface area contributed by atoms with Gasteiger partial charge in [-0.2, -0.15) is 10.2 Å². The SMILES string of the molecule is CCn1cc(NCc2c(C)cnn2CC)c(C)n1.Cl. The predicted octanol–water partition coefficient (Wildman–Crippen LogP) is 2.77. The van der Waals surface area contributed by atoms with Gasteiger partial charge < -0.3 is 5.32 Å². The summed E-state index contributed by atoms with van der Waals surface area (Å²) in [6.07, 6.45) is 3.97. The van der Waals surface area contributed by atoms with E-state index in [-0.39, 0.29) is 12.4 Å². The lowest BCUT2D eigenvalue weighted by Crippen LogP contribution is -2.09. The number of nitrogens with one attached hydrogen (secondary N) is 1. The van der Waals surface area contributed by atoms with Crippen molar-refractivity contribution >= 4 is 18.1 Å². The van der Waals surface area contributed by atoms with E-state index in [1.54, 1.807) is 0 Å². The number of aryl methyl sites for hydroxylation is 4. The second-order valence-corrected chi connectivity index (χ2v) is 4.43. The molecule has 5 nitrogen and oxygen atoms in total. The van der Waals surface area contributed by atoms with Crippen molar-refractivity contribution in [1.29, 1.82) is 0 Å². The van der Waals surface area contributed by atoms with Gasteiger partial charge in [0.05, 0.1) is 29.8 Å². The Balaban J connectivity index is 0.00000180. The Labute approximate surface area is 120 Å². The maximum absolute atomic E-state index is 4.43. The summed E-state index contributed by atoms with van der Waals surface area (Å²) >= 11 is 0. The van der Waals surface area contributed by atoms with Gasteiger partial charge in [-0.3, -0.25) is 9.36 Å². The van der Waals surface area contributed by atoms with Gasteiger partial charge in [-0.1, -0.05) is 0 Å². The van der Waals surface area contributed by atoms with Crippen LogP contribution in [0.25, 0.3) is 0 Å². The molecule has 19 heavy (non-hydrogen) atoms. The minimum atomic E-state index is 0. The van der Waals surface area contributed by atoms with Crippen molar-refractivity contribution in [3.63, 3.8) is 0 Å². The minimum Gasteiger partial charge on any atom is -0.377 e. The zero-order chi connectivity index (χ0) is 13.1. The maximum Gasteiger partial charge on any atom is 0.0825 e. The average Bonchev–Trinajstić information content (AvgIpc) is 2.90. The maximum atomic E-state index is 4.43. The van der Waals surface area contributed by atoms with E-state index >= 15 is 0 Å². The molecule has 2 rings (SSSR count). The van der Waals surface area contributed by atoms with Crippen LogP contribution in [0.15, 0.2) is 12.4 Å². The molecule has 0 spiro atoms. The Morgan fingerprint density at radius 2 is 1.95 bits per heavy atom. The highest BCUT2D eigenvalue weighted by atomic mass is 35.5. The summed E-state index contributed by atoms with van der Waals surface area (Å²) in [6, 6.07) is 0. The van der Waals surface area contributed by atoms with E-state index in [1.807, 2.05) is 22.5 Å². The minimum absolute atomic E-state index is 0. The first-order chi connectivity index (χ1) is 8.65. The molecule has 0 saturated carbocycles. The molecule has 0 aromatic carbocycles. The summed E-state index contributed by atoms with van der Waals surface area (Å²) in [6.45, 7) is 10.9. The van der Waals surface area contributed by atoms with Gasteiger partial charge in [0, 0.05) is 19.3 Å². The van der Waals surface area contributed by atoms with Crippen molar-refractivity contribution in [2.45, 2.75) is 47.3 Å². The number of hydrogen-bond acceptors (Lipinski definition) is 3. The van der Waals surface area contributed by atoms with E-state index in [0.29, 0.717) is 0 Å². The second kappa shape index (κ2) is 6.61. The molecule has 0 bridgehead atoms. The van der Waals surface area contributed by atoms with Gasteiger partial charge in [0.25, 0.3) is 0 Å². The predicted molar refractivity (Wildman–Crippen MR) is 79.9 cm³/mol. The van der Waals surface area contributed by atoms with Crippen molar-refractivity contribution in [2.24, 2.45) is 0 Å². The van der Waals surface area contributed by atoms with Crippen molar-refractivity contribution in [3.05, 3.63) is 29.3 Å². The number of aromatic nitrogens is 4. The average molecular weight is 284 g/mol. The molecule has 0 aliphatic carbocycles. The molecular formula is C13H22ClN5. The fraction of sp³-hybridized carbons (Fsp3) is 0.538. The molecule has 0 atom stereocenters. The molecule has 2 heterocycles. The summed E-state index contributed by atoms with van der Waals surface area (Å²) in [5.41, 5.74) is 4.60. The molecule has 2 aromatic heterocycles. The fourth-order valence-corrected chi connectivity index (χ4v) is 2.04. The summed E-state index contributed by atoms with van der Waals surface area (Å²) in [7, 11) is 0. The summed E-state index contributed by atoms with van der Waals surface area (Å²) in [5.74, 6) is 0. The van der Waals surface area contributed by atoms with Crippen LogP contribution in [0.3, 0.4) is 0 Å². The van der Waals surface area contributed by atoms with E-state index in [4.69, 9.17) is 0 Å². The zero-order valence-corrected chi connectivity index (χ0v) is 12.8. The van der Waals surface area contributed by atoms with Gasteiger partial charge in [0.1, 0.15) is 0 Å². The van der Waals surface area contributed by atoms with Crippen LogP contribution in [-0.2, 0) is 19.6 Å². The van der Waals surface area contributed by atoms with E-state index in [9.17, 15) is 0 Å². The lowest BCUT2D eigenvalue weighted by Gasteiger charge is -2.08. The first-order valence-electron chi connectivity index (χ1n) is 6.44. The monoisotopic (exact) mass is 283 g/mol. The van der Waals surface area contributed by atoms with E-state index in [1.165, 1.54) is 11.3 Å². The fourth-order valence-electron chi connectivity index (χ4n) is 2.04. The van der Waals surface area contributed by atoms with Crippen LogP contribution < -0.4 is 5.32 Å². The molecule has 0 amide bonds. The van der Waals surface area contributed by atoms with Crippen LogP contribution in [0.4, 0.5) is 5.69 Å². The van der Waals surface area contributed by atoms with Crippen molar-refractivity contribution in [1.82, 2.24) is 19.6 Å². The highest BCUT2D eigenvalue weighted by Gasteiger charge is 2.08. The van der Waals surface area contributed by atoms with Crippen LogP contribution in [0, 0.1) is 13.8 Å². The molecule has 0 saturated heterocycles. The molecule has 0 aliphatic rings. The molecule has 6 heteroatoms. The number of halogens is 1. The quantitative estimate of drug-likeness (QED) is 0.918. The Morgan fingerprint density at radius 1 is 1.21 bits per heavy atom. The number of rotatable bonds is 5. The molecule has 2 aromatic rings. The third-order valence-electron chi connectivity index (χ3n) is 3.17. The van der Waals surface area contributed by atoms with Crippen LogP contribution in [0.2, 0.25) is 0 Å². The van der Waals surface area contributed by atoms with Gasteiger partial charge in [0.15, 0.2) is 0 Å². The molecule has 106 valence electrons. The normalized spacial score (nSPS) is 10.3. The Bertz CT molecular complexity index is 529. The van der Waals surface area contributed by atoms with Gasteiger partial charge in [0.2, 0.25) is 0 Å². The summed E-state index contributed by atoms with van der Waals surface area (Å²) in [5, 5.41) is 12.2. The van der Waals surface area contributed by atoms with E-state index in [0.717, 1.165) is 31.0 Å². The molecule has 0 aliphatic heterocycles. The Kier molecular flexibility index (Phi) is 5.42. The zero-order valence-electron chi connectivity index (χ0n) is 12.0. The van der Waals surface area contributed by atoms with Gasteiger partial charge >= 0.3 is 0 Å². The number of nitrogens with zero attached hydrogens (tertiary/aromatic N) is 4. The first-order valence-corrected chi connectivity index (χ1v) is 6.44. The van der Waals surface area contributed by atoms with Crippen molar-refractivity contribution in [2.75, 3.05) is 5.32 Å². The first kappa shape index (κ1) is 15.6. The van der Waals surface area contributed by atoms with Crippen LogP contribution >= 0.6 is 12.4 Å². The second-order valence-electron chi connectivity index (χ2n) is 4.43. The van der Waals surface area contributed by atoms with Gasteiger partial charge in [-0.05, 0) is 33.3 Å². The van der Waals surface area contributed by atoms with Crippen molar-refractivity contribution in [3.8, 4) is 0 Å². The van der Waals surface area contributed by atoms with Crippen LogP contribution in [-0.4, -0.2) is 19.6 Å². The third-order valence-corrected chi connectivity index (χ3v) is 3.17. The molecule has 0 unspecified atom stereocenters. The highest BCUT2D eigenvalue weighted by molar-refractivity contribution is 5.85. The standard InChI is InChI=1S/C13H21N5.ClH/c1-5-17-9-12(11(4)16-17)14-8-13-10(3)7-15-18(13)6-2;/h7,9,14H,5-6,8H2,1-4H3;1H. The van der Waals surface area contributed by atoms with E-state index in [2.05, 4.69) is 42.5 Å². The summed E-state index contributed by atoms with van der Waals surface area (Å²) < 4.78 is 3.98. The Hall–Kier alpha value is -1.49. The van der Waals surface area contributed by atoms with Crippen molar-refractivity contribution < 1.29 is 0 Å². The van der Waals surface area contributed by atoms with Gasteiger partial charge in [-0.25, -0.2) is 0 Å². The lowest BCUT2D eigenvalue weighted by molar-refractivity contribution is 0.626. The lowest BCUT2D eigenvalue weighted by atomic mass is 10.2. The smallest absolute Gasteiger partial charge is 0.0825 e. The molecule has 0 radical (unpaired) electrons. The number of anilines is 1. The van der Waals surface area contributed by atoms with Crippen LogP contribution in [0.1, 0.15) is 30.8 Å². The summed E-state index contributed by atoms with van der Waals surface area (Å²) in [4.78, 5) is 0. The third kappa shape index (κ3) is 3.29. The van der Waals surface area contributed by atoms with E-state index < -0.39 is 0 Å². The number of hydrogen-bond donors (Lipinski definition) is 1.